The van der Waals surface area contributed by atoms with Gasteiger partial charge in [0.1, 0.15) is 0 Å². The van der Waals surface area contributed by atoms with E-state index in [9.17, 15) is 4.79 Å². The molecular formula is C19H26N3OPbS. The molecule has 0 spiro atoms. The zero-order valence-corrected chi connectivity index (χ0v) is 19.5. The van der Waals surface area contributed by atoms with Gasteiger partial charge in [0, 0.05) is 17.1 Å². The van der Waals surface area contributed by atoms with Gasteiger partial charge in [-0.2, -0.15) is 11.8 Å². The predicted molar refractivity (Wildman–Crippen MR) is 112 cm³/mol. The first-order valence-corrected chi connectivity index (χ1v) is 12.0. The van der Waals surface area contributed by atoms with E-state index in [0.717, 1.165) is 20.5 Å². The van der Waals surface area contributed by atoms with Crippen LogP contribution in [0.3, 0.4) is 0 Å². The Hall–Kier alpha value is -1.06. The summed E-state index contributed by atoms with van der Waals surface area (Å²) in [6, 6.07) is 17.4. The number of hydrogen-bond donors (Lipinski definition) is 3. The Labute approximate surface area is 171 Å². The number of benzene rings is 2. The molecule has 1 saturated heterocycles. The summed E-state index contributed by atoms with van der Waals surface area (Å²) < 4.78 is 1.07. The first kappa shape index (κ1) is 22.0. The summed E-state index contributed by atoms with van der Waals surface area (Å²) in [6.07, 6.45) is 6.19. The minimum atomic E-state index is 0.668. The summed E-state index contributed by atoms with van der Waals surface area (Å²) >= 11 is 3.14. The minimum absolute atomic E-state index is 0.668. The number of hydrogen-bond acceptors (Lipinski definition) is 4. The topological polar surface area (TPSA) is 53.2 Å². The molecule has 1 amide bonds. The molecule has 133 valence electrons. The van der Waals surface area contributed by atoms with E-state index in [1.54, 1.807) is 11.8 Å². The molecule has 1 atom stereocenters. The molecule has 4 nitrogen and oxygen atoms in total. The Morgan fingerprint density at radius 3 is 2.24 bits per heavy atom. The van der Waals surface area contributed by atoms with Crippen molar-refractivity contribution in [1.29, 1.82) is 0 Å². The van der Waals surface area contributed by atoms with E-state index in [4.69, 9.17) is 0 Å². The number of carbonyl (C=O) groups excluding carboxylic acids is 1. The second-order valence-electron chi connectivity index (χ2n) is 5.43. The SMILES string of the molecule is CSC.O=CNc1cccc(Nc2ccccc2)c1.[Pb][CH]1CCNC1. The van der Waals surface area contributed by atoms with E-state index in [2.05, 4.69) is 16.0 Å². The van der Waals surface area contributed by atoms with Gasteiger partial charge in [0.15, 0.2) is 0 Å². The molecule has 3 N–H and O–H groups in total. The first-order valence-electron chi connectivity index (χ1n) is 8.14. The van der Waals surface area contributed by atoms with Crippen LogP contribution in [0.1, 0.15) is 6.42 Å². The van der Waals surface area contributed by atoms with Gasteiger partial charge in [0.2, 0.25) is 6.41 Å². The van der Waals surface area contributed by atoms with Crippen LogP contribution in [0.5, 0.6) is 0 Å². The normalized spacial score (nSPS) is 15.1. The average molecular weight is 552 g/mol. The number of amides is 1. The molecule has 2 aromatic rings. The molecule has 3 radical (unpaired) electrons. The molecule has 1 aliphatic heterocycles. The Morgan fingerprint density at radius 2 is 1.72 bits per heavy atom. The van der Waals surface area contributed by atoms with Gasteiger partial charge in [0.25, 0.3) is 0 Å². The number of rotatable bonds is 4. The van der Waals surface area contributed by atoms with Crippen LogP contribution in [0.15, 0.2) is 54.6 Å². The van der Waals surface area contributed by atoms with Crippen molar-refractivity contribution < 1.29 is 4.79 Å². The Balaban J connectivity index is 0.000000287. The third-order valence-corrected chi connectivity index (χ3v) is 5.13. The van der Waals surface area contributed by atoms with Gasteiger partial charge in [-0.15, -0.1) is 0 Å². The predicted octanol–water partition coefficient (Wildman–Crippen LogP) is 3.91. The van der Waals surface area contributed by atoms with E-state index in [0.29, 0.717) is 6.41 Å². The van der Waals surface area contributed by atoms with Crippen molar-refractivity contribution in [2.24, 2.45) is 0 Å². The molecular weight excluding hydrogens is 525 g/mol. The van der Waals surface area contributed by atoms with Gasteiger partial charge in [-0.05, 0) is 42.8 Å². The van der Waals surface area contributed by atoms with Gasteiger partial charge < -0.3 is 10.6 Å². The van der Waals surface area contributed by atoms with Gasteiger partial charge in [-0.3, -0.25) is 4.79 Å². The van der Waals surface area contributed by atoms with E-state index in [1.807, 2.05) is 67.1 Å². The Kier molecular flexibility index (Phi) is 12.4. The molecule has 25 heavy (non-hydrogen) atoms. The van der Waals surface area contributed by atoms with Crippen molar-refractivity contribution in [3.63, 3.8) is 0 Å². The fourth-order valence-electron chi connectivity index (χ4n) is 2.10. The monoisotopic (exact) mass is 552 g/mol. The summed E-state index contributed by atoms with van der Waals surface area (Å²) in [5.74, 6) is 0. The standard InChI is InChI=1S/C13H12N2O.C4H8N.C2H6S.Pb/c16-10-14-12-7-4-8-13(9-12)15-11-5-2-1-3-6-11;1-2-4-5-3-1;1-3-2;/h1-10,15H,(H,14,16);1,5H,2-4H2;1-2H3;. The van der Waals surface area contributed by atoms with Crippen LogP contribution in [0.4, 0.5) is 17.1 Å². The molecule has 1 unspecified atom stereocenters. The van der Waals surface area contributed by atoms with Crippen LogP contribution in [0.2, 0.25) is 3.48 Å². The summed E-state index contributed by atoms with van der Waals surface area (Å²) in [6.45, 7) is 2.57. The number of carbonyl (C=O) groups is 1. The maximum atomic E-state index is 10.3. The van der Waals surface area contributed by atoms with Crippen LogP contribution in [0.25, 0.3) is 0 Å². The molecule has 0 saturated carbocycles. The van der Waals surface area contributed by atoms with E-state index in [-0.39, 0.29) is 0 Å². The third-order valence-electron chi connectivity index (χ3n) is 3.21. The maximum absolute atomic E-state index is 10.3. The van der Waals surface area contributed by atoms with Crippen molar-refractivity contribution in [2.45, 2.75) is 9.90 Å². The summed E-state index contributed by atoms with van der Waals surface area (Å²) in [4.78, 5) is 10.3. The molecule has 0 aliphatic carbocycles. The fourth-order valence-corrected chi connectivity index (χ4v) is 3.22. The van der Waals surface area contributed by atoms with Crippen molar-refractivity contribution in [3.05, 3.63) is 54.6 Å². The average Bonchev–Trinajstić information content (AvgIpc) is 3.09. The zero-order chi connectivity index (χ0) is 18.3. The summed E-state index contributed by atoms with van der Waals surface area (Å²) in [5.41, 5.74) is 2.74. The zero-order valence-electron chi connectivity index (χ0n) is 14.8. The van der Waals surface area contributed by atoms with Gasteiger partial charge in [-0.1, -0.05) is 24.3 Å². The van der Waals surface area contributed by atoms with Crippen molar-refractivity contribution >= 4 is 61.0 Å². The number of anilines is 3. The fraction of sp³-hybridized carbons (Fsp3) is 0.316. The van der Waals surface area contributed by atoms with Crippen molar-refractivity contribution in [2.75, 3.05) is 36.2 Å². The number of thioether (sulfide) groups is 1. The van der Waals surface area contributed by atoms with Gasteiger partial charge in [-0.25, -0.2) is 0 Å². The second-order valence-corrected chi connectivity index (χ2v) is 9.42. The molecule has 0 bridgehead atoms. The van der Waals surface area contributed by atoms with E-state index in [1.165, 1.54) is 45.3 Å². The second kappa shape index (κ2) is 14.1. The van der Waals surface area contributed by atoms with E-state index < -0.39 is 0 Å². The summed E-state index contributed by atoms with van der Waals surface area (Å²) in [5, 5.41) is 9.17. The van der Waals surface area contributed by atoms with Crippen LogP contribution >= 0.6 is 11.8 Å². The van der Waals surface area contributed by atoms with Crippen LogP contribution in [-0.4, -0.2) is 57.8 Å². The molecule has 6 heteroatoms. The molecule has 1 aliphatic rings. The van der Waals surface area contributed by atoms with E-state index >= 15 is 0 Å². The first-order chi connectivity index (χ1) is 12.2. The van der Waals surface area contributed by atoms with Crippen molar-refractivity contribution in [3.8, 4) is 0 Å². The van der Waals surface area contributed by atoms with Gasteiger partial charge in [0.05, 0.1) is 0 Å². The molecule has 1 heterocycles. The Bertz CT molecular complexity index is 592. The molecule has 1 fully saturated rings. The quantitative estimate of drug-likeness (QED) is 0.399. The van der Waals surface area contributed by atoms with Crippen LogP contribution in [0, 0.1) is 0 Å². The van der Waals surface area contributed by atoms with Crippen molar-refractivity contribution in [1.82, 2.24) is 5.32 Å². The van der Waals surface area contributed by atoms with Crippen LogP contribution < -0.4 is 16.0 Å². The molecule has 2 aromatic carbocycles. The number of nitrogens with one attached hydrogen (secondary N) is 3. The van der Waals surface area contributed by atoms with Crippen LogP contribution in [-0.2, 0) is 4.79 Å². The number of para-hydroxylation sites is 1. The molecule has 0 aromatic heterocycles. The third kappa shape index (κ3) is 10.5. The molecule has 3 rings (SSSR count). The van der Waals surface area contributed by atoms with Gasteiger partial charge >= 0.3 is 54.1 Å². The summed E-state index contributed by atoms with van der Waals surface area (Å²) in [7, 11) is 0. The Morgan fingerprint density at radius 1 is 1.08 bits per heavy atom.